The average molecular weight is 403 g/mol. The zero-order chi connectivity index (χ0) is 20.8. The minimum Gasteiger partial charge on any atom is -0.368 e. The number of fused-ring (bicyclic) bond motifs is 1. The highest BCUT2D eigenvalue weighted by molar-refractivity contribution is 5.90. The lowest BCUT2D eigenvalue weighted by atomic mass is 10.1. The Morgan fingerprint density at radius 1 is 1.00 bits per heavy atom. The Bertz CT molecular complexity index is 1040. The number of non-ortho nitro benzene ring substituents is 1. The Kier molecular flexibility index (Phi) is 6.29. The lowest BCUT2D eigenvalue weighted by molar-refractivity contribution is -0.384. The molecule has 0 bridgehead atoms. The molecule has 7 heteroatoms. The van der Waals surface area contributed by atoms with Crippen LogP contribution in [0.5, 0.6) is 0 Å². The number of piperidine rings is 1. The molecule has 4 rings (SSSR count). The standard InChI is InChI=1S/C23H25N5O2/c29-28(30)19-11-8-18(9-12-19)10-13-22-25-21-7-3-2-6-20(21)23(26-22)24-14-17-27-15-4-1-5-16-27/h2-3,6-13H,1,4-5,14-17H2,(H,24,25,26)/b13-10+. The van der Waals surface area contributed by atoms with Crippen LogP contribution in [0.15, 0.2) is 48.5 Å². The van der Waals surface area contributed by atoms with E-state index in [0.29, 0.717) is 5.82 Å². The van der Waals surface area contributed by atoms with Gasteiger partial charge >= 0.3 is 0 Å². The first-order valence-corrected chi connectivity index (χ1v) is 10.3. The largest absolute Gasteiger partial charge is 0.368 e. The number of anilines is 1. The number of hydrogen-bond acceptors (Lipinski definition) is 6. The van der Waals surface area contributed by atoms with E-state index < -0.39 is 4.92 Å². The summed E-state index contributed by atoms with van der Waals surface area (Å²) in [6.45, 7) is 4.20. The predicted octanol–water partition coefficient (Wildman–Crippen LogP) is 4.61. The Balaban J connectivity index is 1.51. The van der Waals surface area contributed by atoms with Gasteiger partial charge in [-0.05, 0) is 61.8 Å². The molecule has 1 aromatic heterocycles. The second-order valence-corrected chi connectivity index (χ2v) is 7.46. The second kappa shape index (κ2) is 9.45. The summed E-state index contributed by atoms with van der Waals surface area (Å²) in [5.41, 5.74) is 1.82. The van der Waals surface area contributed by atoms with Crippen molar-refractivity contribution < 1.29 is 4.92 Å². The highest BCUT2D eigenvalue weighted by atomic mass is 16.6. The number of nitrogens with one attached hydrogen (secondary N) is 1. The Hall–Kier alpha value is -3.32. The highest BCUT2D eigenvalue weighted by Crippen LogP contribution is 2.21. The lowest BCUT2D eigenvalue weighted by Gasteiger charge is -2.26. The minimum absolute atomic E-state index is 0.0781. The maximum Gasteiger partial charge on any atom is 0.269 e. The summed E-state index contributed by atoms with van der Waals surface area (Å²) in [7, 11) is 0. The van der Waals surface area contributed by atoms with E-state index in [2.05, 4.69) is 15.2 Å². The van der Waals surface area contributed by atoms with Crippen LogP contribution in [0.1, 0.15) is 30.7 Å². The van der Waals surface area contributed by atoms with Gasteiger partial charge in [-0.25, -0.2) is 9.97 Å². The van der Waals surface area contributed by atoms with Crippen LogP contribution in [0.4, 0.5) is 11.5 Å². The molecule has 3 aromatic rings. The fourth-order valence-electron chi connectivity index (χ4n) is 3.70. The number of para-hydroxylation sites is 1. The molecule has 30 heavy (non-hydrogen) atoms. The van der Waals surface area contributed by atoms with Gasteiger partial charge in [0.1, 0.15) is 5.82 Å². The van der Waals surface area contributed by atoms with Crippen LogP contribution in [0.25, 0.3) is 23.1 Å². The summed E-state index contributed by atoms with van der Waals surface area (Å²) in [4.78, 5) is 22.2. The van der Waals surface area contributed by atoms with Gasteiger partial charge in [-0.3, -0.25) is 10.1 Å². The first kappa shape index (κ1) is 20.0. The van der Waals surface area contributed by atoms with Crippen molar-refractivity contribution in [3.63, 3.8) is 0 Å². The van der Waals surface area contributed by atoms with E-state index in [0.717, 1.165) is 35.4 Å². The molecular formula is C23H25N5O2. The average Bonchev–Trinajstić information content (AvgIpc) is 2.78. The summed E-state index contributed by atoms with van der Waals surface area (Å²) >= 11 is 0. The second-order valence-electron chi connectivity index (χ2n) is 7.46. The molecule has 2 aromatic carbocycles. The molecule has 0 atom stereocenters. The van der Waals surface area contributed by atoms with Gasteiger partial charge in [-0.2, -0.15) is 0 Å². The van der Waals surface area contributed by atoms with Gasteiger partial charge in [0, 0.05) is 30.6 Å². The van der Waals surface area contributed by atoms with E-state index in [1.165, 1.54) is 44.5 Å². The van der Waals surface area contributed by atoms with Gasteiger partial charge in [-0.1, -0.05) is 24.6 Å². The number of rotatable bonds is 7. The molecule has 0 spiro atoms. The molecule has 1 saturated heterocycles. The van der Waals surface area contributed by atoms with Crippen molar-refractivity contribution in [3.05, 3.63) is 70.0 Å². The number of nitro groups is 1. The molecule has 1 aliphatic rings. The fourth-order valence-corrected chi connectivity index (χ4v) is 3.70. The van der Waals surface area contributed by atoms with E-state index in [-0.39, 0.29) is 5.69 Å². The molecule has 0 aliphatic carbocycles. The first-order chi connectivity index (χ1) is 14.7. The Morgan fingerprint density at radius 2 is 1.77 bits per heavy atom. The van der Waals surface area contributed by atoms with Crippen LogP contribution in [0.2, 0.25) is 0 Å². The third-order valence-corrected chi connectivity index (χ3v) is 5.32. The molecular weight excluding hydrogens is 378 g/mol. The van der Waals surface area contributed by atoms with Crippen molar-refractivity contribution in [1.82, 2.24) is 14.9 Å². The number of nitro benzene ring substituents is 1. The summed E-state index contributed by atoms with van der Waals surface area (Å²) in [5.74, 6) is 1.44. The number of likely N-dealkylation sites (tertiary alicyclic amines) is 1. The number of aromatic nitrogens is 2. The van der Waals surface area contributed by atoms with Crippen molar-refractivity contribution in [3.8, 4) is 0 Å². The van der Waals surface area contributed by atoms with Gasteiger partial charge in [0.15, 0.2) is 5.82 Å². The molecule has 1 aliphatic heterocycles. The van der Waals surface area contributed by atoms with Gasteiger partial charge in [-0.15, -0.1) is 0 Å². The van der Waals surface area contributed by atoms with Crippen molar-refractivity contribution in [2.45, 2.75) is 19.3 Å². The van der Waals surface area contributed by atoms with Crippen LogP contribution in [-0.2, 0) is 0 Å². The van der Waals surface area contributed by atoms with Gasteiger partial charge < -0.3 is 10.2 Å². The van der Waals surface area contributed by atoms with Crippen molar-refractivity contribution in [2.75, 3.05) is 31.5 Å². The molecule has 2 heterocycles. The van der Waals surface area contributed by atoms with Crippen LogP contribution in [0, 0.1) is 10.1 Å². The third-order valence-electron chi connectivity index (χ3n) is 5.32. The van der Waals surface area contributed by atoms with Gasteiger partial charge in [0.25, 0.3) is 5.69 Å². The van der Waals surface area contributed by atoms with Crippen molar-refractivity contribution in [2.24, 2.45) is 0 Å². The smallest absolute Gasteiger partial charge is 0.269 e. The molecule has 154 valence electrons. The first-order valence-electron chi connectivity index (χ1n) is 10.3. The SMILES string of the molecule is O=[N+]([O-])c1ccc(/C=C/c2nc(NCCN3CCCCC3)c3ccccc3n2)cc1. The van der Waals surface area contributed by atoms with Crippen molar-refractivity contribution in [1.29, 1.82) is 0 Å². The molecule has 1 N–H and O–H groups in total. The Morgan fingerprint density at radius 3 is 2.53 bits per heavy atom. The van der Waals surface area contributed by atoms with Gasteiger partial charge in [0.05, 0.1) is 10.4 Å². The summed E-state index contributed by atoms with van der Waals surface area (Å²) in [5, 5.41) is 15.3. The van der Waals surface area contributed by atoms with E-state index in [9.17, 15) is 10.1 Å². The number of hydrogen-bond donors (Lipinski definition) is 1. The van der Waals surface area contributed by atoms with E-state index in [1.807, 2.05) is 36.4 Å². The van der Waals surface area contributed by atoms with E-state index in [4.69, 9.17) is 4.98 Å². The summed E-state index contributed by atoms with van der Waals surface area (Å²) in [6, 6.07) is 14.4. The lowest BCUT2D eigenvalue weighted by Crippen LogP contribution is -2.33. The maximum atomic E-state index is 10.8. The molecule has 7 nitrogen and oxygen atoms in total. The van der Waals surface area contributed by atoms with Crippen LogP contribution in [-0.4, -0.2) is 46.0 Å². The number of nitrogens with zero attached hydrogens (tertiary/aromatic N) is 4. The molecule has 0 radical (unpaired) electrons. The minimum atomic E-state index is -0.401. The van der Waals surface area contributed by atoms with E-state index >= 15 is 0 Å². The fraction of sp³-hybridized carbons (Fsp3) is 0.304. The predicted molar refractivity (Wildman–Crippen MR) is 120 cm³/mol. The van der Waals surface area contributed by atoms with Crippen LogP contribution >= 0.6 is 0 Å². The zero-order valence-corrected chi connectivity index (χ0v) is 16.8. The molecule has 0 amide bonds. The maximum absolute atomic E-state index is 10.8. The van der Waals surface area contributed by atoms with Crippen molar-refractivity contribution >= 4 is 34.6 Å². The number of benzene rings is 2. The quantitative estimate of drug-likeness (QED) is 0.458. The van der Waals surface area contributed by atoms with E-state index in [1.54, 1.807) is 12.1 Å². The third kappa shape index (κ3) is 4.99. The van der Waals surface area contributed by atoms with Gasteiger partial charge in [0.2, 0.25) is 0 Å². The topological polar surface area (TPSA) is 84.2 Å². The summed E-state index contributed by atoms with van der Waals surface area (Å²) < 4.78 is 0. The normalized spacial score (nSPS) is 14.9. The highest BCUT2D eigenvalue weighted by Gasteiger charge is 2.10. The molecule has 0 saturated carbocycles. The molecule has 0 unspecified atom stereocenters. The molecule has 1 fully saturated rings. The monoisotopic (exact) mass is 403 g/mol. The van der Waals surface area contributed by atoms with Crippen LogP contribution < -0.4 is 5.32 Å². The zero-order valence-electron chi connectivity index (χ0n) is 16.8. The Labute approximate surface area is 175 Å². The van der Waals surface area contributed by atoms with Crippen LogP contribution in [0.3, 0.4) is 0 Å². The summed E-state index contributed by atoms with van der Waals surface area (Å²) in [6.07, 6.45) is 7.61.